The molecule has 0 atom stereocenters. The van der Waals surface area contributed by atoms with Gasteiger partial charge in [0.1, 0.15) is 0 Å². The van der Waals surface area contributed by atoms with Crippen molar-refractivity contribution in [3.8, 4) is 0 Å². The van der Waals surface area contributed by atoms with Gasteiger partial charge in [-0.1, -0.05) is 0 Å². The number of nitrogens with two attached hydrogens (primary N) is 1. The first-order chi connectivity index (χ1) is 12.1. The number of hydrogen-bond donors (Lipinski definition) is 2. The summed E-state index contributed by atoms with van der Waals surface area (Å²) in [5, 5.41) is 7.36. The highest BCUT2D eigenvalue weighted by molar-refractivity contribution is 6.15. The van der Waals surface area contributed by atoms with Crippen LogP contribution >= 0.6 is 0 Å². The van der Waals surface area contributed by atoms with Gasteiger partial charge in [-0.3, -0.25) is 9.78 Å². The second kappa shape index (κ2) is 5.86. The average molecular weight is 332 g/mol. The van der Waals surface area contributed by atoms with Crippen LogP contribution in [0.4, 0.5) is 0 Å². The molecule has 0 aliphatic heterocycles. The van der Waals surface area contributed by atoms with E-state index in [0.29, 0.717) is 18.7 Å². The van der Waals surface area contributed by atoms with Gasteiger partial charge in [0.15, 0.2) is 0 Å². The number of hydrogen-bond acceptors (Lipinski definition) is 3. The lowest BCUT2D eigenvalue weighted by Gasteiger charge is -2.06. The van der Waals surface area contributed by atoms with Gasteiger partial charge in [0.2, 0.25) is 0 Å². The second-order valence-electron chi connectivity index (χ2n) is 6.33. The van der Waals surface area contributed by atoms with Crippen molar-refractivity contribution in [1.29, 1.82) is 0 Å². The van der Waals surface area contributed by atoms with E-state index >= 15 is 0 Å². The van der Waals surface area contributed by atoms with E-state index in [0.717, 1.165) is 21.7 Å². The van der Waals surface area contributed by atoms with Crippen molar-refractivity contribution < 1.29 is 4.79 Å². The Morgan fingerprint density at radius 3 is 2.84 bits per heavy atom. The van der Waals surface area contributed by atoms with E-state index in [1.165, 1.54) is 16.5 Å². The Kier molecular flexibility index (Phi) is 3.66. The number of aromatic nitrogens is 2. The third-order valence-corrected chi connectivity index (χ3v) is 4.84. The zero-order chi connectivity index (χ0) is 17.6. The molecule has 4 aromatic rings. The third-order valence-electron chi connectivity index (χ3n) is 4.84. The number of fused-ring (bicyclic) bond motifs is 4. The fourth-order valence-corrected chi connectivity index (χ4v) is 3.65. The Balaban J connectivity index is 2.01. The molecule has 0 saturated heterocycles. The number of aryl methyl sites for hydroxylation is 2. The first-order valence-corrected chi connectivity index (χ1v) is 8.35. The number of nitrogens with one attached hydrogen (secondary N) is 1. The van der Waals surface area contributed by atoms with Gasteiger partial charge in [0.05, 0.1) is 5.52 Å². The molecule has 1 amide bonds. The van der Waals surface area contributed by atoms with Crippen LogP contribution in [0.25, 0.3) is 32.6 Å². The van der Waals surface area contributed by atoms with E-state index in [2.05, 4.69) is 34.9 Å². The number of pyridine rings is 1. The van der Waals surface area contributed by atoms with Crippen molar-refractivity contribution in [2.45, 2.75) is 6.92 Å². The number of rotatable bonds is 3. The minimum Gasteiger partial charge on any atom is -0.351 e. The fourth-order valence-electron chi connectivity index (χ4n) is 3.65. The van der Waals surface area contributed by atoms with E-state index in [-0.39, 0.29) is 5.91 Å². The predicted octanol–water partition coefficient (Wildman–Crippen LogP) is 2.88. The molecule has 0 bridgehead atoms. The Morgan fingerprint density at radius 2 is 2.04 bits per heavy atom. The molecule has 0 spiro atoms. The standard InChI is InChI=1S/C20H20N4O/c1-12-15-5-7-22-11-14(15)10-17-16-9-13(20(25)23-8-6-21)3-4-18(16)24(2)19(12)17/h3-5,7,9-11H,6,8,21H2,1-2H3,(H,23,25). The minimum atomic E-state index is -0.0940. The van der Waals surface area contributed by atoms with Gasteiger partial charge in [0, 0.05) is 59.8 Å². The molecule has 0 fully saturated rings. The number of amides is 1. The zero-order valence-electron chi connectivity index (χ0n) is 14.3. The third kappa shape index (κ3) is 2.36. The highest BCUT2D eigenvalue weighted by Crippen LogP contribution is 2.35. The molecule has 4 rings (SSSR count). The van der Waals surface area contributed by atoms with Gasteiger partial charge < -0.3 is 15.6 Å². The summed E-state index contributed by atoms with van der Waals surface area (Å²) in [6, 6.07) is 10.0. The quantitative estimate of drug-likeness (QED) is 0.606. The number of nitrogens with zero attached hydrogens (tertiary/aromatic N) is 2. The van der Waals surface area contributed by atoms with E-state index in [1.54, 1.807) is 0 Å². The average Bonchev–Trinajstić information content (AvgIpc) is 2.92. The molecule has 2 aromatic heterocycles. The van der Waals surface area contributed by atoms with Crippen LogP contribution in [0.3, 0.4) is 0 Å². The van der Waals surface area contributed by atoms with E-state index in [1.807, 2.05) is 36.7 Å². The van der Waals surface area contributed by atoms with Crippen molar-refractivity contribution in [2.75, 3.05) is 13.1 Å². The van der Waals surface area contributed by atoms with Crippen LogP contribution in [-0.2, 0) is 7.05 Å². The van der Waals surface area contributed by atoms with Crippen molar-refractivity contribution in [2.24, 2.45) is 12.8 Å². The van der Waals surface area contributed by atoms with Crippen molar-refractivity contribution >= 4 is 38.5 Å². The highest BCUT2D eigenvalue weighted by Gasteiger charge is 2.15. The molecule has 0 aliphatic carbocycles. The molecule has 3 N–H and O–H groups in total. The lowest BCUT2D eigenvalue weighted by atomic mass is 10.0. The minimum absolute atomic E-state index is 0.0940. The smallest absolute Gasteiger partial charge is 0.251 e. The molecule has 126 valence electrons. The molecular formula is C20H20N4O. The molecule has 5 nitrogen and oxygen atoms in total. The molecule has 2 heterocycles. The van der Waals surface area contributed by atoms with Gasteiger partial charge in [-0.05, 0) is 48.2 Å². The lowest BCUT2D eigenvalue weighted by molar-refractivity contribution is 0.0955. The van der Waals surface area contributed by atoms with Crippen LogP contribution in [-0.4, -0.2) is 28.5 Å². The van der Waals surface area contributed by atoms with Crippen LogP contribution in [0, 0.1) is 6.92 Å². The highest BCUT2D eigenvalue weighted by atomic mass is 16.1. The second-order valence-corrected chi connectivity index (χ2v) is 6.33. The number of carbonyl (C=O) groups excluding carboxylic acids is 1. The zero-order valence-corrected chi connectivity index (χ0v) is 14.3. The maximum atomic E-state index is 12.3. The molecule has 0 unspecified atom stereocenters. The summed E-state index contributed by atoms with van der Waals surface area (Å²) in [7, 11) is 2.07. The lowest BCUT2D eigenvalue weighted by Crippen LogP contribution is -2.28. The van der Waals surface area contributed by atoms with E-state index < -0.39 is 0 Å². The van der Waals surface area contributed by atoms with Crippen molar-refractivity contribution in [3.05, 3.63) is 53.9 Å². The van der Waals surface area contributed by atoms with Gasteiger partial charge in [-0.15, -0.1) is 0 Å². The van der Waals surface area contributed by atoms with Crippen molar-refractivity contribution in [3.63, 3.8) is 0 Å². The Labute approximate surface area is 145 Å². The summed E-state index contributed by atoms with van der Waals surface area (Å²) >= 11 is 0. The molecular weight excluding hydrogens is 312 g/mol. The van der Waals surface area contributed by atoms with Crippen LogP contribution < -0.4 is 11.1 Å². The predicted molar refractivity (Wildman–Crippen MR) is 102 cm³/mol. The van der Waals surface area contributed by atoms with Crippen LogP contribution in [0.15, 0.2) is 42.7 Å². The molecule has 0 radical (unpaired) electrons. The largest absolute Gasteiger partial charge is 0.351 e. The maximum absolute atomic E-state index is 12.3. The first kappa shape index (κ1) is 15.6. The van der Waals surface area contributed by atoms with Gasteiger partial charge in [-0.2, -0.15) is 0 Å². The summed E-state index contributed by atoms with van der Waals surface area (Å²) in [5.41, 5.74) is 9.64. The Hall–Kier alpha value is -2.92. The SMILES string of the molecule is Cc1c2ccncc2cc2c3cc(C(=O)NCCN)ccc3n(C)c12. The summed E-state index contributed by atoms with van der Waals surface area (Å²) < 4.78 is 2.20. The van der Waals surface area contributed by atoms with E-state index in [4.69, 9.17) is 5.73 Å². The maximum Gasteiger partial charge on any atom is 0.251 e. The molecule has 0 saturated carbocycles. The van der Waals surface area contributed by atoms with Crippen molar-refractivity contribution in [1.82, 2.24) is 14.9 Å². The van der Waals surface area contributed by atoms with Crippen LogP contribution in [0.2, 0.25) is 0 Å². The number of carbonyl (C=O) groups is 1. The van der Waals surface area contributed by atoms with Gasteiger partial charge in [-0.25, -0.2) is 0 Å². The van der Waals surface area contributed by atoms with E-state index in [9.17, 15) is 4.79 Å². The summed E-state index contributed by atoms with van der Waals surface area (Å²) in [6.07, 6.45) is 3.71. The summed E-state index contributed by atoms with van der Waals surface area (Å²) in [6.45, 7) is 3.04. The normalized spacial score (nSPS) is 11.5. The Bertz CT molecular complexity index is 1130. The molecule has 2 aromatic carbocycles. The van der Waals surface area contributed by atoms with Gasteiger partial charge >= 0.3 is 0 Å². The van der Waals surface area contributed by atoms with Crippen LogP contribution in [0.5, 0.6) is 0 Å². The molecule has 0 aliphatic rings. The van der Waals surface area contributed by atoms with Gasteiger partial charge in [0.25, 0.3) is 5.91 Å². The summed E-state index contributed by atoms with van der Waals surface area (Å²) in [4.78, 5) is 16.5. The number of benzene rings is 2. The monoisotopic (exact) mass is 332 g/mol. The Morgan fingerprint density at radius 1 is 1.20 bits per heavy atom. The topological polar surface area (TPSA) is 72.9 Å². The summed E-state index contributed by atoms with van der Waals surface area (Å²) in [5.74, 6) is -0.0940. The fraction of sp³-hybridized carbons (Fsp3) is 0.200. The van der Waals surface area contributed by atoms with Crippen LogP contribution in [0.1, 0.15) is 15.9 Å². The molecule has 25 heavy (non-hydrogen) atoms. The first-order valence-electron chi connectivity index (χ1n) is 8.35. The molecule has 5 heteroatoms.